The Bertz CT molecular complexity index is 1040. The van der Waals surface area contributed by atoms with Crippen LogP contribution >= 0.6 is 11.3 Å². The first kappa shape index (κ1) is 17.3. The van der Waals surface area contributed by atoms with Crippen LogP contribution in [0.4, 0.5) is 10.8 Å². The lowest BCUT2D eigenvalue weighted by atomic mass is 9.96. The van der Waals surface area contributed by atoms with Crippen molar-refractivity contribution in [3.8, 4) is 11.5 Å². The lowest BCUT2D eigenvalue weighted by Gasteiger charge is -2.31. The molecule has 1 fully saturated rings. The van der Waals surface area contributed by atoms with Gasteiger partial charge in [-0.1, -0.05) is 17.4 Å². The number of hydrogen-bond acceptors (Lipinski definition) is 6. The van der Waals surface area contributed by atoms with Crippen LogP contribution in [0.2, 0.25) is 0 Å². The van der Waals surface area contributed by atoms with E-state index in [-0.39, 0.29) is 18.6 Å². The van der Waals surface area contributed by atoms with Crippen molar-refractivity contribution >= 4 is 38.3 Å². The molecule has 3 heterocycles. The van der Waals surface area contributed by atoms with Gasteiger partial charge in [-0.25, -0.2) is 4.98 Å². The summed E-state index contributed by atoms with van der Waals surface area (Å²) in [5.74, 6) is 1.48. The summed E-state index contributed by atoms with van der Waals surface area (Å²) in [5.41, 5.74) is 3.05. The Morgan fingerprint density at radius 2 is 1.96 bits per heavy atom. The van der Waals surface area contributed by atoms with Gasteiger partial charge in [0.2, 0.25) is 12.7 Å². The summed E-state index contributed by atoms with van der Waals surface area (Å²) in [6, 6.07) is 11.9. The van der Waals surface area contributed by atoms with E-state index in [2.05, 4.69) is 35.3 Å². The number of benzene rings is 2. The molecular weight excluding hydrogens is 374 g/mol. The lowest BCUT2D eigenvalue weighted by molar-refractivity contribution is -0.120. The second-order valence-electron chi connectivity index (χ2n) is 7.29. The minimum absolute atomic E-state index is 0.0123. The van der Waals surface area contributed by atoms with Crippen LogP contribution in [0.15, 0.2) is 36.4 Å². The van der Waals surface area contributed by atoms with Crippen LogP contribution < -0.4 is 19.7 Å². The monoisotopic (exact) mass is 395 g/mol. The molecule has 1 N–H and O–H groups in total. The van der Waals surface area contributed by atoms with E-state index in [1.807, 2.05) is 18.2 Å². The van der Waals surface area contributed by atoms with E-state index in [9.17, 15) is 4.79 Å². The van der Waals surface area contributed by atoms with Crippen LogP contribution in [0.3, 0.4) is 0 Å². The number of ether oxygens (including phenoxy) is 2. The Hall–Kier alpha value is -2.80. The number of anilines is 2. The summed E-state index contributed by atoms with van der Waals surface area (Å²) in [4.78, 5) is 19.7. The Balaban J connectivity index is 1.22. The van der Waals surface area contributed by atoms with Crippen molar-refractivity contribution < 1.29 is 14.3 Å². The van der Waals surface area contributed by atoms with Gasteiger partial charge in [0.25, 0.3) is 0 Å². The lowest BCUT2D eigenvalue weighted by Crippen LogP contribution is -2.38. The maximum absolute atomic E-state index is 12.7. The van der Waals surface area contributed by atoms with Gasteiger partial charge in [0.05, 0.1) is 10.2 Å². The Morgan fingerprint density at radius 1 is 1.14 bits per heavy atom. The number of rotatable bonds is 3. The van der Waals surface area contributed by atoms with Crippen molar-refractivity contribution in [2.24, 2.45) is 5.92 Å². The molecule has 2 aliphatic heterocycles. The SMILES string of the molecule is Cc1ccc2nc(N3CCC(C(=O)Nc4ccc5c(c4)OCO5)CC3)sc2c1. The van der Waals surface area contributed by atoms with Crippen molar-refractivity contribution in [3.05, 3.63) is 42.0 Å². The van der Waals surface area contributed by atoms with Crippen molar-refractivity contribution in [2.45, 2.75) is 19.8 Å². The molecule has 2 aliphatic rings. The molecule has 1 saturated heterocycles. The quantitative estimate of drug-likeness (QED) is 0.720. The van der Waals surface area contributed by atoms with Crippen LogP contribution in [0.25, 0.3) is 10.2 Å². The summed E-state index contributed by atoms with van der Waals surface area (Å²) >= 11 is 1.73. The van der Waals surface area contributed by atoms with E-state index in [0.29, 0.717) is 5.75 Å². The van der Waals surface area contributed by atoms with E-state index < -0.39 is 0 Å². The standard InChI is InChI=1S/C21H21N3O3S/c1-13-2-4-16-19(10-13)28-21(23-16)24-8-6-14(7-9-24)20(25)22-15-3-5-17-18(11-15)27-12-26-17/h2-5,10-11,14H,6-9,12H2,1H3,(H,22,25). The molecule has 0 atom stereocenters. The first-order chi connectivity index (χ1) is 13.7. The maximum atomic E-state index is 12.7. The molecule has 7 heteroatoms. The molecule has 0 saturated carbocycles. The number of hydrogen-bond donors (Lipinski definition) is 1. The first-order valence-corrected chi connectivity index (χ1v) is 10.3. The summed E-state index contributed by atoms with van der Waals surface area (Å²) in [5, 5.41) is 4.07. The molecule has 6 nitrogen and oxygen atoms in total. The minimum Gasteiger partial charge on any atom is -0.454 e. The fourth-order valence-electron chi connectivity index (χ4n) is 3.71. The topological polar surface area (TPSA) is 63.7 Å². The number of aryl methyl sites for hydroxylation is 1. The molecule has 0 unspecified atom stereocenters. The number of carbonyl (C=O) groups is 1. The zero-order chi connectivity index (χ0) is 19.1. The fraction of sp³-hybridized carbons (Fsp3) is 0.333. The highest BCUT2D eigenvalue weighted by molar-refractivity contribution is 7.22. The normalized spacial score (nSPS) is 16.5. The van der Waals surface area contributed by atoms with Crippen molar-refractivity contribution in [3.63, 3.8) is 0 Å². The molecule has 1 aromatic heterocycles. The molecule has 1 amide bonds. The highest BCUT2D eigenvalue weighted by atomic mass is 32.1. The van der Waals surface area contributed by atoms with Crippen LogP contribution in [0.1, 0.15) is 18.4 Å². The molecule has 144 valence electrons. The molecule has 0 spiro atoms. The predicted octanol–water partition coefficient (Wildman–Crippen LogP) is 4.19. The predicted molar refractivity (Wildman–Crippen MR) is 110 cm³/mol. The zero-order valence-corrected chi connectivity index (χ0v) is 16.4. The van der Waals surface area contributed by atoms with Crippen LogP contribution in [-0.4, -0.2) is 30.8 Å². The molecule has 2 aromatic carbocycles. The Morgan fingerprint density at radius 3 is 2.82 bits per heavy atom. The van der Waals surface area contributed by atoms with E-state index in [0.717, 1.165) is 48.0 Å². The van der Waals surface area contributed by atoms with E-state index >= 15 is 0 Å². The summed E-state index contributed by atoms with van der Waals surface area (Å²) < 4.78 is 11.9. The molecule has 0 bridgehead atoms. The van der Waals surface area contributed by atoms with E-state index in [1.54, 1.807) is 11.3 Å². The van der Waals surface area contributed by atoms with Crippen molar-refractivity contribution in [2.75, 3.05) is 30.1 Å². The second-order valence-corrected chi connectivity index (χ2v) is 8.30. The largest absolute Gasteiger partial charge is 0.454 e. The van der Waals surface area contributed by atoms with Crippen LogP contribution in [0.5, 0.6) is 11.5 Å². The molecule has 0 aliphatic carbocycles. The number of aromatic nitrogens is 1. The number of fused-ring (bicyclic) bond motifs is 2. The van der Waals surface area contributed by atoms with Gasteiger partial charge in [-0.2, -0.15) is 0 Å². The number of carbonyl (C=O) groups excluding carboxylic acids is 1. The van der Waals surface area contributed by atoms with Gasteiger partial charge in [0.1, 0.15) is 0 Å². The number of nitrogens with zero attached hydrogens (tertiary/aromatic N) is 2. The highest BCUT2D eigenvalue weighted by Gasteiger charge is 2.27. The molecular formula is C21H21N3O3S. The smallest absolute Gasteiger partial charge is 0.231 e. The van der Waals surface area contributed by atoms with Gasteiger partial charge in [0, 0.05) is 30.8 Å². The van der Waals surface area contributed by atoms with Crippen molar-refractivity contribution in [1.29, 1.82) is 0 Å². The third-order valence-corrected chi connectivity index (χ3v) is 6.39. The summed E-state index contributed by atoms with van der Waals surface area (Å²) in [6.45, 7) is 4.02. The van der Waals surface area contributed by atoms with Crippen LogP contribution in [-0.2, 0) is 4.79 Å². The number of piperidine rings is 1. The average Bonchev–Trinajstić information content (AvgIpc) is 3.34. The number of amides is 1. The molecule has 5 rings (SSSR count). The summed E-state index contributed by atoms with van der Waals surface area (Å²) in [6.07, 6.45) is 1.65. The van der Waals surface area contributed by atoms with Gasteiger partial charge in [-0.3, -0.25) is 4.79 Å². The minimum atomic E-state index is 0.0123. The van der Waals surface area contributed by atoms with E-state index in [1.165, 1.54) is 10.3 Å². The zero-order valence-electron chi connectivity index (χ0n) is 15.6. The molecule has 28 heavy (non-hydrogen) atoms. The third-order valence-electron chi connectivity index (χ3n) is 5.31. The van der Waals surface area contributed by atoms with E-state index in [4.69, 9.17) is 14.5 Å². The van der Waals surface area contributed by atoms with Crippen LogP contribution in [0, 0.1) is 12.8 Å². The maximum Gasteiger partial charge on any atom is 0.231 e. The third kappa shape index (κ3) is 3.26. The van der Waals surface area contributed by atoms with Gasteiger partial charge in [-0.15, -0.1) is 0 Å². The molecule has 3 aromatic rings. The van der Waals surface area contributed by atoms with Gasteiger partial charge < -0.3 is 19.7 Å². The Kier molecular flexibility index (Phi) is 4.31. The highest BCUT2D eigenvalue weighted by Crippen LogP contribution is 2.35. The average molecular weight is 395 g/mol. The second kappa shape index (κ2) is 6.98. The fourth-order valence-corrected chi connectivity index (χ4v) is 4.82. The Labute approximate surface area is 167 Å². The van der Waals surface area contributed by atoms with Gasteiger partial charge >= 0.3 is 0 Å². The van der Waals surface area contributed by atoms with Crippen molar-refractivity contribution in [1.82, 2.24) is 4.98 Å². The first-order valence-electron chi connectivity index (χ1n) is 9.48. The van der Waals surface area contributed by atoms with Gasteiger partial charge in [0.15, 0.2) is 16.6 Å². The molecule has 0 radical (unpaired) electrons. The number of nitrogens with one attached hydrogen (secondary N) is 1. The van der Waals surface area contributed by atoms with Gasteiger partial charge in [-0.05, 0) is 49.6 Å². The summed E-state index contributed by atoms with van der Waals surface area (Å²) in [7, 11) is 0. The number of thiazole rings is 1.